The lowest BCUT2D eigenvalue weighted by Gasteiger charge is -2.13. The molecule has 3 rings (SSSR count). The van der Waals surface area contributed by atoms with Crippen LogP contribution in [-0.4, -0.2) is 46.7 Å². The first-order chi connectivity index (χ1) is 11.4. The highest BCUT2D eigenvalue weighted by Crippen LogP contribution is 2.24. The second kappa shape index (κ2) is 6.08. The summed E-state index contributed by atoms with van der Waals surface area (Å²) in [4.78, 5) is 23.2. The van der Waals surface area contributed by atoms with Crippen molar-refractivity contribution in [1.82, 2.24) is 9.78 Å². The van der Waals surface area contributed by atoms with Gasteiger partial charge in [0.1, 0.15) is 0 Å². The van der Waals surface area contributed by atoms with Gasteiger partial charge in [-0.15, -0.1) is 0 Å². The topological polar surface area (TPSA) is 118 Å². The summed E-state index contributed by atoms with van der Waals surface area (Å²) in [6.45, 7) is 0. The van der Waals surface area contributed by atoms with Crippen LogP contribution < -0.4 is 5.32 Å². The van der Waals surface area contributed by atoms with Gasteiger partial charge in [0.25, 0.3) is 0 Å². The fourth-order valence-corrected chi connectivity index (χ4v) is 4.33. The minimum Gasteiger partial charge on any atom is -0.476 e. The van der Waals surface area contributed by atoms with Gasteiger partial charge in [-0.05, 0) is 24.6 Å². The van der Waals surface area contributed by atoms with Crippen molar-refractivity contribution in [1.29, 1.82) is 0 Å². The second-order valence-electron chi connectivity index (χ2n) is 5.56. The van der Waals surface area contributed by atoms with Gasteiger partial charge in [-0.2, -0.15) is 5.10 Å². The largest absolute Gasteiger partial charge is 0.476 e. The maximum Gasteiger partial charge on any atom is 0.356 e. The minimum absolute atomic E-state index is 0.0217. The van der Waals surface area contributed by atoms with E-state index in [1.54, 1.807) is 24.3 Å². The van der Waals surface area contributed by atoms with Crippen molar-refractivity contribution in [2.24, 2.45) is 5.92 Å². The summed E-state index contributed by atoms with van der Waals surface area (Å²) in [5.74, 6) is -2.21. The van der Waals surface area contributed by atoms with E-state index >= 15 is 0 Å². The first kappa shape index (κ1) is 16.2. The summed E-state index contributed by atoms with van der Waals surface area (Å²) in [7, 11) is -3.14. The van der Waals surface area contributed by atoms with Crippen molar-refractivity contribution < 1.29 is 23.1 Å². The van der Waals surface area contributed by atoms with Gasteiger partial charge in [0.15, 0.2) is 15.5 Å². The summed E-state index contributed by atoms with van der Waals surface area (Å²) in [6.07, 6.45) is 1.79. The quantitative estimate of drug-likeness (QED) is 0.848. The number of rotatable bonds is 4. The molecule has 0 bridgehead atoms. The third-order valence-electron chi connectivity index (χ3n) is 3.82. The number of amides is 1. The average molecular weight is 349 g/mol. The van der Waals surface area contributed by atoms with Gasteiger partial charge >= 0.3 is 5.97 Å². The molecule has 2 aromatic rings. The van der Waals surface area contributed by atoms with Crippen molar-refractivity contribution in [3.05, 3.63) is 42.2 Å². The van der Waals surface area contributed by atoms with Crippen LogP contribution in [0.2, 0.25) is 0 Å². The van der Waals surface area contributed by atoms with Crippen LogP contribution in [-0.2, 0) is 14.6 Å². The summed E-state index contributed by atoms with van der Waals surface area (Å²) >= 11 is 0. The van der Waals surface area contributed by atoms with Crippen LogP contribution in [0.25, 0.3) is 5.69 Å². The highest BCUT2D eigenvalue weighted by atomic mass is 32.2. The van der Waals surface area contributed by atoms with E-state index in [2.05, 4.69) is 10.4 Å². The molecule has 8 nitrogen and oxygen atoms in total. The Bertz CT molecular complexity index is 903. The summed E-state index contributed by atoms with van der Waals surface area (Å²) in [5, 5.41) is 15.6. The molecule has 2 heterocycles. The zero-order valence-electron chi connectivity index (χ0n) is 12.5. The molecule has 0 aliphatic carbocycles. The van der Waals surface area contributed by atoms with Gasteiger partial charge in [0, 0.05) is 6.20 Å². The lowest BCUT2D eigenvalue weighted by atomic mass is 10.1. The third kappa shape index (κ3) is 3.30. The van der Waals surface area contributed by atoms with Crippen molar-refractivity contribution in [2.75, 3.05) is 16.8 Å². The maximum atomic E-state index is 12.3. The number of hydrogen-bond donors (Lipinski definition) is 2. The molecule has 126 valence electrons. The number of carbonyl (C=O) groups is 2. The zero-order valence-corrected chi connectivity index (χ0v) is 13.4. The number of para-hydroxylation sites is 2. The van der Waals surface area contributed by atoms with Crippen LogP contribution in [0.15, 0.2) is 36.5 Å². The zero-order chi connectivity index (χ0) is 17.3. The van der Waals surface area contributed by atoms with E-state index in [4.69, 9.17) is 5.11 Å². The molecule has 1 unspecified atom stereocenters. The number of carboxylic acid groups (broad SMARTS) is 1. The van der Waals surface area contributed by atoms with E-state index in [1.807, 2.05) is 0 Å². The van der Waals surface area contributed by atoms with Gasteiger partial charge in [0.05, 0.1) is 28.8 Å². The van der Waals surface area contributed by atoms with Crippen molar-refractivity contribution in [3.8, 4) is 5.69 Å². The molecule has 1 fully saturated rings. The number of anilines is 1. The molecule has 1 aromatic heterocycles. The van der Waals surface area contributed by atoms with Crippen LogP contribution in [0.1, 0.15) is 16.9 Å². The monoisotopic (exact) mass is 349 g/mol. The Kier molecular flexibility index (Phi) is 4.10. The molecule has 0 radical (unpaired) electrons. The molecule has 1 amide bonds. The van der Waals surface area contributed by atoms with Crippen molar-refractivity contribution in [2.45, 2.75) is 6.42 Å². The van der Waals surface area contributed by atoms with Crippen LogP contribution in [0, 0.1) is 5.92 Å². The number of aromatic carboxylic acids is 1. The molecule has 1 aromatic carbocycles. The molecule has 1 saturated heterocycles. The molecule has 24 heavy (non-hydrogen) atoms. The van der Waals surface area contributed by atoms with Crippen molar-refractivity contribution >= 4 is 27.4 Å². The summed E-state index contributed by atoms with van der Waals surface area (Å²) < 4.78 is 24.4. The number of benzene rings is 1. The number of nitrogens with one attached hydrogen (secondary N) is 1. The van der Waals surface area contributed by atoms with Crippen LogP contribution in [0.5, 0.6) is 0 Å². The molecule has 1 atom stereocenters. The Labute approximate surface area is 138 Å². The Balaban J connectivity index is 1.84. The molecular weight excluding hydrogens is 334 g/mol. The predicted molar refractivity (Wildman–Crippen MR) is 85.9 cm³/mol. The summed E-state index contributed by atoms with van der Waals surface area (Å²) in [5.41, 5.74) is 0.823. The Morgan fingerprint density at radius 1 is 1.25 bits per heavy atom. The van der Waals surface area contributed by atoms with Crippen LogP contribution >= 0.6 is 0 Å². The Hall–Kier alpha value is -2.68. The normalized spacial score (nSPS) is 19.1. The van der Waals surface area contributed by atoms with Gasteiger partial charge in [-0.3, -0.25) is 4.79 Å². The van der Waals surface area contributed by atoms with Gasteiger partial charge < -0.3 is 10.4 Å². The molecule has 9 heteroatoms. The molecule has 1 aliphatic heterocycles. The van der Waals surface area contributed by atoms with E-state index in [0.29, 0.717) is 17.8 Å². The van der Waals surface area contributed by atoms with Gasteiger partial charge in [0.2, 0.25) is 5.91 Å². The average Bonchev–Trinajstić information content (AvgIpc) is 3.14. The van der Waals surface area contributed by atoms with E-state index in [0.717, 1.165) is 0 Å². The molecule has 0 saturated carbocycles. The number of sulfone groups is 1. The Morgan fingerprint density at radius 2 is 2.00 bits per heavy atom. The van der Waals surface area contributed by atoms with Crippen molar-refractivity contribution in [3.63, 3.8) is 0 Å². The lowest BCUT2D eigenvalue weighted by molar-refractivity contribution is -0.119. The molecular formula is C15H15N3O5S. The van der Waals surface area contributed by atoms with E-state index in [-0.39, 0.29) is 23.1 Å². The van der Waals surface area contributed by atoms with Crippen LogP contribution in [0.4, 0.5) is 5.69 Å². The lowest BCUT2D eigenvalue weighted by Crippen LogP contribution is -2.24. The second-order valence-corrected chi connectivity index (χ2v) is 7.79. The third-order valence-corrected chi connectivity index (χ3v) is 5.59. The fraction of sp³-hybridized carbons (Fsp3) is 0.267. The maximum absolute atomic E-state index is 12.3. The molecule has 2 N–H and O–H groups in total. The minimum atomic E-state index is -3.14. The summed E-state index contributed by atoms with van der Waals surface area (Å²) in [6, 6.07) is 8.13. The number of aromatic nitrogens is 2. The van der Waals surface area contributed by atoms with Crippen LogP contribution in [0.3, 0.4) is 0 Å². The fourth-order valence-electron chi connectivity index (χ4n) is 2.59. The number of nitrogens with zero attached hydrogens (tertiary/aromatic N) is 2. The SMILES string of the molecule is O=C(O)c1ccn(-c2ccccc2NC(=O)C2CCS(=O)(=O)C2)n1. The van der Waals surface area contributed by atoms with E-state index in [1.165, 1.54) is 16.9 Å². The number of carboxylic acids is 1. The van der Waals surface area contributed by atoms with E-state index in [9.17, 15) is 18.0 Å². The number of carbonyl (C=O) groups excluding carboxylic acids is 1. The van der Waals surface area contributed by atoms with Gasteiger partial charge in [-0.1, -0.05) is 12.1 Å². The van der Waals surface area contributed by atoms with Gasteiger partial charge in [-0.25, -0.2) is 17.9 Å². The number of hydrogen-bond acceptors (Lipinski definition) is 5. The highest BCUT2D eigenvalue weighted by molar-refractivity contribution is 7.91. The smallest absolute Gasteiger partial charge is 0.356 e. The molecule has 0 spiro atoms. The standard InChI is InChI=1S/C15H15N3O5S/c19-14(10-6-8-24(22,23)9-10)16-11-3-1-2-4-13(11)18-7-5-12(17-18)15(20)21/h1-5,7,10H,6,8-9H2,(H,16,19)(H,20,21). The Morgan fingerprint density at radius 3 is 2.62 bits per heavy atom. The first-order valence-corrected chi connectivity index (χ1v) is 9.07. The van der Waals surface area contributed by atoms with E-state index < -0.39 is 21.7 Å². The predicted octanol–water partition coefficient (Wildman–Crippen LogP) is 0.944. The first-order valence-electron chi connectivity index (χ1n) is 7.25. The highest BCUT2D eigenvalue weighted by Gasteiger charge is 2.33. The molecule has 1 aliphatic rings.